The molecule has 0 spiro atoms. The predicted octanol–water partition coefficient (Wildman–Crippen LogP) is 24.0. The first-order valence-electron chi connectivity index (χ1n) is 29.6. The highest BCUT2D eigenvalue weighted by molar-refractivity contribution is 7.28. The fourth-order valence-corrected chi connectivity index (χ4v) is 20.1. The Morgan fingerprint density at radius 3 is 0.644 bits per heavy atom. The Balaban J connectivity index is 0.000000130. The second-order valence-corrected chi connectivity index (χ2v) is 28.7. The first kappa shape index (κ1) is 52.0. The molecule has 90 heavy (non-hydrogen) atoms. The molecular formula is C78H42N6S6. The van der Waals surface area contributed by atoms with E-state index in [1.807, 2.05) is 56.7 Å². The first-order valence-corrected chi connectivity index (χ1v) is 34.5. The normalized spacial score (nSPS) is 12.0. The summed E-state index contributed by atoms with van der Waals surface area (Å²) in [5.74, 6) is 4.16. The highest BCUT2D eigenvalue weighted by Gasteiger charge is 2.24. The summed E-state index contributed by atoms with van der Waals surface area (Å²) in [6, 6.07) is 90.6. The molecule has 0 saturated carbocycles. The Labute approximate surface area is 537 Å². The summed E-state index contributed by atoms with van der Waals surface area (Å²) in [5, 5.41) is 14.6. The van der Waals surface area contributed by atoms with E-state index in [2.05, 4.69) is 255 Å². The maximum atomic E-state index is 5.29. The predicted molar refractivity (Wildman–Crippen MR) is 390 cm³/mol. The SMILES string of the molecule is c1ccc2c(c1)sc1c(-c3nc(-c4cccc5sc6ccccc6c45)nc(-c4cccc5sc6ccccc6c45)n3)cccc12.c1ccc2c(c1)sc1cccc(-c3nc(-c4cccc5sc6ccccc6c45)nc(-c4cccc5sc6ccccc6c45)n3)c12. The van der Waals surface area contributed by atoms with Crippen molar-refractivity contribution in [3.05, 3.63) is 255 Å². The van der Waals surface area contributed by atoms with Crippen LogP contribution in [0.1, 0.15) is 0 Å². The van der Waals surface area contributed by atoms with E-state index in [0.29, 0.717) is 34.9 Å². The van der Waals surface area contributed by atoms with Crippen molar-refractivity contribution in [2.24, 2.45) is 0 Å². The highest BCUT2D eigenvalue weighted by atomic mass is 32.1. The molecule has 0 aliphatic carbocycles. The standard InChI is InChI=1S/2C39H21N3S3/c1-4-17-29-22(10-1)23-13-7-16-28(36(23)45-29)39-41-37(26-14-8-20-32-34(26)24-11-2-5-18-30(24)43-32)40-38(42-39)27-15-9-21-33-35(27)25-12-3-6-19-31(25)44-33;1-4-16-28-22(10-1)34-25(13-7-19-31(34)43-28)37-40-38(26-14-8-20-32-35(26)23-11-2-5-17-29(23)44-32)42-39(41-37)27-15-9-21-33-36(27)24-12-3-6-18-30(24)45-33/h2*1-21H. The van der Waals surface area contributed by atoms with Crippen LogP contribution in [0.2, 0.25) is 0 Å². The van der Waals surface area contributed by atoms with Crippen LogP contribution in [0.5, 0.6) is 0 Å². The fourth-order valence-electron chi connectivity index (χ4n) is 13.2. The molecule has 0 saturated heterocycles. The molecule has 6 nitrogen and oxygen atoms in total. The van der Waals surface area contributed by atoms with Gasteiger partial charge in [0.15, 0.2) is 34.9 Å². The van der Waals surface area contributed by atoms with Crippen LogP contribution >= 0.6 is 68.0 Å². The van der Waals surface area contributed by atoms with Crippen LogP contribution in [0, 0.1) is 0 Å². The van der Waals surface area contributed by atoms with Crippen LogP contribution < -0.4 is 0 Å². The Hall–Kier alpha value is -10.0. The van der Waals surface area contributed by atoms with Crippen molar-refractivity contribution in [2.45, 2.75) is 0 Å². The minimum atomic E-state index is 0.692. The summed E-state index contributed by atoms with van der Waals surface area (Å²) in [6.07, 6.45) is 0. The molecule has 8 heterocycles. The van der Waals surface area contributed by atoms with Crippen LogP contribution in [-0.4, -0.2) is 29.9 Å². The van der Waals surface area contributed by atoms with Gasteiger partial charge < -0.3 is 0 Å². The average molecular weight is 1260 g/mol. The van der Waals surface area contributed by atoms with Crippen LogP contribution in [0.15, 0.2) is 255 Å². The molecule has 20 aromatic rings. The van der Waals surface area contributed by atoms with Gasteiger partial charge in [0.05, 0.1) is 0 Å². The number of rotatable bonds is 6. The molecule has 0 aliphatic heterocycles. The molecule has 12 aromatic carbocycles. The third-order valence-electron chi connectivity index (χ3n) is 17.1. The Morgan fingerprint density at radius 2 is 0.356 bits per heavy atom. The molecule has 20 rings (SSSR count). The van der Waals surface area contributed by atoms with E-state index < -0.39 is 0 Å². The molecule has 0 radical (unpaired) electrons. The van der Waals surface area contributed by atoms with Gasteiger partial charge in [-0.2, -0.15) is 0 Å². The smallest absolute Gasteiger partial charge is 0.165 e. The lowest BCUT2D eigenvalue weighted by Crippen LogP contribution is -2.01. The Kier molecular flexibility index (Phi) is 12.0. The number of aromatic nitrogens is 6. The van der Waals surface area contributed by atoms with Crippen molar-refractivity contribution in [1.29, 1.82) is 0 Å². The maximum Gasteiger partial charge on any atom is 0.165 e. The molecule has 0 amide bonds. The topological polar surface area (TPSA) is 77.3 Å². The van der Waals surface area contributed by atoms with Crippen molar-refractivity contribution in [2.75, 3.05) is 0 Å². The largest absolute Gasteiger partial charge is 0.208 e. The average Bonchev–Trinajstić information content (AvgIpc) is 1.70. The summed E-state index contributed by atoms with van der Waals surface area (Å²) in [5.41, 5.74) is 6.17. The van der Waals surface area contributed by atoms with Crippen molar-refractivity contribution < 1.29 is 0 Å². The van der Waals surface area contributed by atoms with E-state index in [1.165, 1.54) is 121 Å². The van der Waals surface area contributed by atoms with Crippen molar-refractivity contribution in [3.63, 3.8) is 0 Å². The number of thiophene rings is 6. The van der Waals surface area contributed by atoms with Crippen LogP contribution in [0.25, 0.3) is 189 Å². The number of nitrogens with zero attached hydrogens (tertiary/aromatic N) is 6. The van der Waals surface area contributed by atoms with E-state index in [-0.39, 0.29) is 0 Å². The van der Waals surface area contributed by atoms with Gasteiger partial charge in [0.2, 0.25) is 0 Å². The van der Waals surface area contributed by atoms with E-state index in [1.54, 1.807) is 11.3 Å². The summed E-state index contributed by atoms with van der Waals surface area (Å²) in [4.78, 5) is 31.7. The van der Waals surface area contributed by atoms with E-state index in [4.69, 9.17) is 29.9 Å². The first-order chi connectivity index (χ1) is 44.6. The lowest BCUT2D eigenvalue weighted by Gasteiger charge is -2.11. The second kappa shape index (κ2) is 20.8. The third kappa shape index (κ3) is 8.30. The second-order valence-electron chi connectivity index (χ2n) is 22.3. The minimum Gasteiger partial charge on any atom is -0.208 e. The summed E-state index contributed by atoms with van der Waals surface area (Å²) < 4.78 is 14.9. The van der Waals surface area contributed by atoms with Crippen molar-refractivity contribution >= 4 is 189 Å². The van der Waals surface area contributed by atoms with E-state index >= 15 is 0 Å². The summed E-state index contributed by atoms with van der Waals surface area (Å²) in [7, 11) is 0. The molecule has 420 valence electrons. The lowest BCUT2D eigenvalue weighted by molar-refractivity contribution is 1.08. The van der Waals surface area contributed by atoms with Gasteiger partial charge in [-0.1, -0.05) is 182 Å². The quantitative estimate of drug-likeness (QED) is 0.165. The van der Waals surface area contributed by atoms with Crippen LogP contribution in [0.4, 0.5) is 0 Å². The van der Waals surface area contributed by atoms with Gasteiger partial charge in [0.1, 0.15) is 0 Å². The van der Waals surface area contributed by atoms with Gasteiger partial charge in [-0.3, -0.25) is 0 Å². The van der Waals surface area contributed by atoms with Crippen molar-refractivity contribution in [3.8, 4) is 68.3 Å². The number of fused-ring (bicyclic) bond motifs is 18. The fraction of sp³-hybridized carbons (Fsp3) is 0. The molecule has 0 fully saturated rings. The van der Waals surface area contributed by atoms with Crippen molar-refractivity contribution in [1.82, 2.24) is 29.9 Å². The Bertz CT molecular complexity index is 5880. The zero-order valence-corrected chi connectivity index (χ0v) is 52.3. The lowest BCUT2D eigenvalue weighted by atomic mass is 10.0. The molecule has 8 aromatic heterocycles. The van der Waals surface area contributed by atoms with Crippen LogP contribution in [0.3, 0.4) is 0 Å². The zero-order valence-electron chi connectivity index (χ0n) is 47.4. The molecule has 0 atom stereocenters. The van der Waals surface area contributed by atoms with Gasteiger partial charge in [-0.25, -0.2) is 29.9 Å². The van der Waals surface area contributed by atoms with Gasteiger partial charge in [0, 0.05) is 154 Å². The molecular weight excluding hydrogens is 1210 g/mol. The number of benzene rings is 12. The van der Waals surface area contributed by atoms with Gasteiger partial charge in [-0.05, 0) is 72.8 Å². The van der Waals surface area contributed by atoms with E-state index in [9.17, 15) is 0 Å². The zero-order chi connectivity index (χ0) is 59.0. The maximum absolute atomic E-state index is 5.29. The monoisotopic (exact) mass is 1250 g/mol. The summed E-state index contributed by atoms with van der Waals surface area (Å²) in [6.45, 7) is 0. The number of hydrogen-bond donors (Lipinski definition) is 0. The summed E-state index contributed by atoms with van der Waals surface area (Å²) >= 11 is 10.9. The molecule has 0 unspecified atom stereocenters. The van der Waals surface area contributed by atoms with E-state index in [0.717, 1.165) is 33.4 Å². The van der Waals surface area contributed by atoms with Gasteiger partial charge in [0.25, 0.3) is 0 Å². The third-order valence-corrected chi connectivity index (χ3v) is 24.0. The van der Waals surface area contributed by atoms with Crippen LogP contribution in [-0.2, 0) is 0 Å². The Morgan fingerprint density at radius 1 is 0.156 bits per heavy atom. The molecule has 0 N–H and O–H groups in total. The molecule has 12 heteroatoms. The van der Waals surface area contributed by atoms with Gasteiger partial charge in [-0.15, -0.1) is 68.0 Å². The van der Waals surface area contributed by atoms with Gasteiger partial charge >= 0.3 is 0 Å². The molecule has 0 aliphatic rings. The molecule has 0 bridgehead atoms. The minimum absolute atomic E-state index is 0.692. The highest BCUT2D eigenvalue weighted by Crippen LogP contribution is 2.47. The number of hydrogen-bond acceptors (Lipinski definition) is 12.